The molecule has 0 aliphatic heterocycles. The van der Waals surface area contributed by atoms with Gasteiger partial charge in [0.05, 0.1) is 10.4 Å². The van der Waals surface area contributed by atoms with E-state index in [1.807, 2.05) is 38.1 Å². The number of fused-ring (bicyclic) bond motifs is 1. The number of hydrogen-bond acceptors (Lipinski definition) is 4. The first kappa shape index (κ1) is 15.0. The van der Waals surface area contributed by atoms with E-state index in [-0.39, 0.29) is 5.69 Å². The van der Waals surface area contributed by atoms with Crippen LogP contribution < -0.4 is 10.9 Å². The zero-order valence-corrected chi connectivity index (χ0v) is 12.3. The third-order valence-corrected chi connectivity index (χ3v) is 3.48. The summed E-state index contributed by atoms with van der Waals surface area (Å²) in [6, 6.07) is 7.27. The van der Waals surface area contributed by atoms with Crippen molar-refractivity contribution in [1.29, 1.82) is 0 Å². The number of nitrogens with zero attached hydrogens (tertiary/aromatic N) is 2. The van der Waals surface area contributed by atoms with Crippen LogP contribution in [0.15, 0.2) is 29.1 Å². The van der Waals surface area contributed by atoms with Gasteiger partial charge in [-0.25, -0.2) is 0 Å². The number of rotatable bonds is 6. The van der Waals surface area contributed by atoms with Gasteiger partial charge in [0.2, 0.25) is 0 Å². The largest absolute Gasteiger partial charge is 0.379 e. The normalized spacial score (nSPS) is 10.8. The van der Waals surface area contributed by atoms with Crippen LogP contribution in [0.4, 0.5) is 11.4 Å². The molecule has 0 fully saturated rings. The Hall–Kier alpha value is -2.37. The van der Waals surface area contributed by atoms with Crippen LogP contribution in [0.3, 0.4) is 0 Å². The van der Waals surface area contributed by atoms with E-state index in [9.17, 15) is 14.9 Å². The van der Waals surface area contributed by atoms with Crippen molar-refractivity contribution in [3.8, 4) is 0 Å². The van der Waals surface area contributed by atoms with Gasteiger partial charge in [-0.15, -0.1) is 0 Å². The van der Waals surface area contributed by atoms with E-state index < -0.39 is 10.5 Å². The Bertz CT molecular complexity index is 722. The molecule has 112 valence electrons. The summed E-state index contributed by atoms with van der Waals surface area (Å²) < 4.78 is 1.44. The fourth-order valence-corrected chi connectivity index (χ4v) is 2.44. The summed E-state index contributed by atoms with van der Waals surface area (Å²) in [6.07, 6.45) is 1.87. The summed E-state index contributed by atoms with van der Waals surface area (Å²) in [7, 11) is 0. The van der Waals surface area contributed by atoms with Gasteiger partial charge in [0, 0.05) is 18.5 Å². The molecule has 0 unspecified atom stereocenters. The summed E-state index contributed by atoms with van der Waals surface area (Å²) >= 11 is 0. The highest BCUT2D eigenvalue weighted by molar-refractivity contribution is 5.96. The third kappa shape index (κ3) is 2.74. The number of nitrogens with one attached hydrogen (secondary N) is 1. The van der Waals surface area contributed by atoms with Crippen molar-refractivity contribution in [2.45, 2.75) is 33.2 Å². The molecule has 1 heterocycles. The minimum absolute atomic E-state index is 0.332. The summed E-state index contributed by atoms with van der Waals surface area (Å²) in [6.45, 7) is 4.86. The SMILES string of the molecule is CCCCNc1c([N+](=O)[O-])c(=O)n(CC)c2ccccc12. The summed E-state index contributed by atoms with van der Waals surface area (Å²) in [5.74, 6) is 0. The number of nitro groups is 1. The van der Waals surface area contributed by atoms with Gasteiger partial charge >= 0.3 is 11.2 Å². The Labute approximate surface area is 122 Å². The Morgan fingerprint density at radius 3 is 2.62 bits per heavy atom. The molecule has 6 nitrogen and oxygen atoms in total. The van der Waals surface area contributed by atoms with Gasteiger partial charge in [-0.1, -0.05) is 31.5 Å². The molecular formula is C15H19N3O3. The maximum Gasteiger partial charge on any atom is 0.357 e. The van der Waals surface area contributed by atoms with Crippen molar-refractivity contribution in [1.82, 2.24) is 4.57 Å². The first-order valence-electron chi connectivity index (χ1n) is 7.15. The van der Waals surface area contributed by atoms with Crippen molar-refractivity contribution >= 4 is 22.3 Å². The summed E-state index contributed by atoms with van der Waals surface area (Å²) in [5, 5.41) is 15.1. The van der Waals surface area contributed by atoms with Gasteiger partial charge in [0.25, 0.3) is 0 Å². The number of aryl methyl sites for hydroxylation is 1. The molecule has 2 aromatic rings. The summed E-state index contributed by atoms with van der Waals surface area (Å²) in [4.78, 5) is 23.1. The third-order valence-electron chi connectivity index (χ3n) is 3.48. The number of benzene rings is 1. The number of hydrogen-bond donors (Lipinski definition) is 1. The second-order valence-corrected chi connectivity index (χ2v) is 4.83. The van der Waals surface area contributed by atoms with Gasteiger partial charge in [-0.05, 0) is 19.4 Å². The number of para-hydroxylation sites is 1. The van der Waals surface area contributed by atoms with Gasteiger partial charge in [0.1, 0.15) is 5.69 Å². The molecule has 1 N–H and O–H groups in total. The zero-order chi connectivity index (χ0) is 15.4. The van der Waals surface area contributed by atoms with Crippen LogP contribution in [0.25, 0.3) is 10.9 Å². The number of anilines is 1. The van der Waals surface area contributed by atoms with Crippen LogP contribution in [0.1, 0.15) is 26.7 Å². The van der Waals surface area contributed by atoms with E-state index in [2.05, 4.69) is 5.32 Å². The van der Waals surface area contributed by atoms with Gasteiger partial charge < -0.3 is 9.88 Å². The molecular weight excluding hydrogens is 270 g/mol. The first-order chi connectivity index (χ1) is 10.1. The highest BCUT2D eigenvalue weighted by Gasteiger charge is 2.24. The topological polar surface area (TPSA) is 77.2 Å². The molecule has 0 saturated carbocycles. The monoisotopic (exact) mass is 289 g/mol. The van der Waals surface area contributed by atoms with Crippen molar-refractivity contribution in [3.05, 3.63) is 44.7 Å². The molecule has 0 aliphatic rings. The second-order valence-electron chi connectivity index (χ2n) is 4.83. The number of aromatic nitrogens is 1. The van der Waals surface area contributed by atoms with E-state index in [1.165, 1.54) is 4.57 Å². The predicted octanol–water partition coefficient (Wildman–Crippen LogP) is 3.14. The molecule has 0 atom stereocenters. The van der Waals surface area contributed by atoms with Gasteiger partial charge in [-0.2, -0.15) is 0 Å². The van der Waals surface area contributed by atoms with Crippen molar-refractivity contribution in [2.75, 3.05) is 11.9 Å². The highest BCUT2D eigenvalue weighted by Crippen LogP contribution is 2.29. The maximum atomic E-state index is 12.4. The Kier molecular flexibility index (Phi) is 4.57. The molecule has 2 rings (SSSR count). The van der Waals surface area contributed by atoms with Gasteiger partial charge in [-0.3, -0.25) is 14.9 Å². The molecule has 6 heteroatoms. The van der Waals surface area contributed by atoms with Crippen LogP contribution >= 0.6 is 0 Å². The minimum Gasteiger partial charge on any atom is -0.379 e. The lowest BCUT2D eigenvalue weighted by Gasteiger charge is -2.13. The Morgan fingerprint density at radius 2 is 2.00 bits per heavy atom. The fraction of sp³-hybridized carbons (Fsp3) is 0.400. The molecule has 1 aromatic heterocycles. The average Bonchev–Trinajstić information content (AvgIpc) is 2.47. The quantitative estimate of drug-likeness (QED) is 0.503. The lowest BCUT2D eigenvalue weighted by atomic mass is 10.1. The van der Waals surface area contributed by atoms with E-state index in [0.717, 1.165) is 18.4 Å². The fourth-order valence-electron chi connectivity index (χ4n) is 2.44. The Balaban J connectivity index is 2.76. The van der Waals surface area contributed by atoms with Crippen molar-refractivity contribution < 1.29 is 4.92 Å². The smallest absolute Gasteiger partial charge is 0.357 e. The molecule has 0 amide bonds. The average molecular weight is 289 g/mol. The van der Waals surface area contributed by atoms with E-state index in [1.54, 1.807) is 0 Å². The molecule has 0 bridgehead atoms. The molecule has 0 radical (unpaired) electrons. The standard InChI is InChI=1S/C15H19N3O3/c1-3-5-10-16-13-11-8-6-7-9-12(11)17(4-2)15(19)14(13)18(20)21/h6-9,16H,3-5,10H2,1-2H3. The number of unbranched alkanes of at least 4 members (excludes halogenated alkanes) is 1. The maximum absolute atomic E-state index is 12.4. The van der Waals surface area contributed by atoms with E-state index in [0.29, 0.717) is 24.2 Å². The molecule has 0 spiro atoms. The predicted molar refractivity (Wildman–Crippen MR) is 83.9 cm³/mol. The van der Waals surface area contributed by atoms with E-state index >= 15 is 0 Å². The second kappa shape index (κ2) is 6.39. The number of pyridine rings is 1. The summed E-state index contributed by atoms with van der Waals surface area (Å²) in [5.41, 5.74) is 0.125. The van der Waals surface area contributed by atoms with Crippen LogP contribution in [-0.4, -0.2) is 16.0 Å². The molecule has 0 aliphatic carbocycles. The molecule has 1 aromatic carbocycles. The van der Waals surface area contributed by atoms with Crippen molar-refractivity contribution in [3.63, 3.8) is 0 Å². The van der Waals surface area contributed by atoms with Crippen LogP contribution in [0.2, 0.25) is 0 Å². The van der Waals surface area contributed by atoms with E-state index in [4.69, 9.17) is 0 Å². The first-order valence-corrected chi connectivity index (χ1v) is 7.15. The Morgan fingerprint density at radius 1 is 1.29 bits per heavy atom. The van der Waals surface area contributed by atoms with Gasteiger partial charge in [0.15, 0.2) is 0 Å². The molecule has 21 heavy (non-hydrogen) atoms. The van der Waals surface area contributed by atoms with Crippen molar-refractivity contribution in [2.24, 2.45) is 0 Å². The van der Waals surface area contributed by atoms with Crippen LogP contribution in [0, 0.1) is 10.1 Å². The highest BCUT2D eigenvalue weighted by atomic mass is 16.6. The van der Waals surface area contributed by atoms with Crippen LogP contribution in [0.5, 0.6) is 0 Å². The lowest BCUT2D eigenvalue weighted by molar-refractivity contribution is -0.385. The lowest BCUT2D eigenvalue weighted by Crippen LogP contribution is -2.24. The zero-order valence-electron chi connectivity index (χ0n) is 12.3. The minimum atomic E-state index is -0.588. The molecule has 0 saturated heterocycles. The van der Waals surface area contributed by atoms with Crippen LogP contribution in [-0.2, 0) is 6.54 Å².